The molecule has 0 aromatic heterocycles. The molecule has 2 heterocycles. The van der Waals surface area contributed by atoms with Gasteiger partial charge in [0.2, 0.25) is 65.0 Å². The Labute approximate surface area is 442 Å². The fraction of sp³-hybridized carbons (Fsp3) is 0.545. The van der Waals surface area contributed by atoms with Gasteiger partial charge in [-0.3, -0.25) is 67.3 Å². The summed E-state index contributed by atoms with van der Waals surface area (Å²) in [5, 5.41) is 38.3. The Hall–Kier alpha value is -7.90. The van der Waals surface area contributed by atoms with Crippen LogP contribution < -0.4 is 70.2 Å². The van der Waals surface area contributed by atoms with Gasteiger partial charge in [0.25, 0.3) is 0 Å². The molecule has 11 amide bonds. The molecule has 3 rings (SSSR count). The van der Waals surface area contributed by atoms with E-state index in [1.165, 1.54) is 31.4 Å². The first kappa shape index (κ1) is 62.4. The van der Waals surface area contributed by atoms with E-state index in [-0.39, 0.29) is 62.7 Å². The van der Waals surface area contributed by atoms with E-state index in [1.807, 2.05) is 0 Å². The van der Waals surface area contributed by atoms with Gasteiger partial charge in [-0.1, -0.05) is 33.7 Å². The third kappa shape index (κ3) is 21.5. The van der Waals surface area contributed by atoms with Crippen LogP contribution in [0.2, 0.25) is 0 Å². The van der Waals surface area contributed by atoms with Crippen molar-refractivity contribution in [2.45, 2.75) is 113 Å². The maximum Gasteiger partial charge on any atom is 0.305 e. The van der Waals surface area contributed by atoms with Crippen molar-refractivity contribution in [2.24, 2.45) is 27.9 Å². The molecule has 76 heavy (non-hydrogen) atoms. The molecule has 1 aromatic carbocycles. The number of hydrogen-bond acceptors (Lipinski definition) is 17. The Bertz CT molecular complexity index is 2360. The molecular formula is C44H64N14O16S2. The number of carboxylic acids is 2. The van der Waals surface area contributed by atoms with Gasteiger partial charge < -0.3 is 85.3 Å². The second-order valence-corrected chi connectivity index (χ2v) is 19.8. The normalized spacial score (nSPS) is 24.1. The topological polar surface area (TPSA) is 488 Å². The van der Waals surface area contributed by atoms with Crippen molar-refractivity contribution in [1.29, 1.82) is 0 Å². The lowest BCUT2D eigenvalue weighted by Gasteiger charge is -2.30. The molecule has 2 aliphatic rings. The number of nitrogens with two attached hydrogens (primary N) is 4. The number of ether oxygens (including phenoxy) is 1. The maximum absolute atomic E-state index is 14.1. The van der Waals surface area contributed by atoms with Gasteiger partial charge in [0.1, 0.15) is 54.1 Å². The molecule has 2 aliphatic heterocycles. The van der Waals surface area contributed by atoms with E-state index in [9.17, 15) is 72.5 Å². The molecule has 418 valence electrons. The SMILES string of the molecule is COc1ccc(C[C@@H]2NC(=O)[C@@H](CC(=O)O)NC(=O)CNC(=O)[C@@H](CCCN=C(N)N)NC(=O)[C@@H]3CCCN3C(=O)[C@@H](CC(N)=O)NC(=O)[C@H](NC(C)=O)CSSC[C@H](C(N)=O)NC(=O)[C@H](CCC(=O)O)NC2=O)cc1. The van der Waals surface area contributed by atoms with Gasteiger partial charge in [-0.25, -0.2) is 0 Å². The first-order valence-corrected chi connectivity index (χ1v) is 26.0. The molecule has 0 saturated carbocycles. The highest BCUT2D eigenvalue weighted by atomic mass is 33.1. The van der Waals surface area contributed by atoms with Crippen LogP contribution >= 0.6 is 21.6 Å². The highest BCUT2D eigenvalue weighted by Gasteiger charge is 2.40. The van der Waals surface area contributed by atoms with Crippen LogP contribution in [0.25, 0.3) is 0 Å². The summed E-state index contributed by atoms with van der Waals surface area (Å²) in [7, 11) is 3.16. The zero-order valence-corrected chi connectivity index (χ0v) is 43.1. The van der Waals surface area contributed by atoms with Gasteiger partial charge in [-0.15, -0.1) is 0 Å². The van der Waals surface area contributed by atoms with E-state index in [0.29, 0.717) is 11.3 Å². The predicted molar refractivity (Wildman–Crippen MR) is 271 cm³/mol. The van der Waals surface area contributed by atoms with Crippen molar-refractivity contribution in [3.8, 4) is 5.75 Å². The predicted octanol–water partition coefficient (Wildman–Crippen LogP) is -6.09. The van der Waals surface area contributed by atoms with Gasteiger partial charge in [0.05, 0.1) is 26.5 Å². The van der Waals surface area contributed by atoms with Crippen LogP contribution in [0.4, 0.5) is 0 Å². The van der Waals surface area contributed by atoms with Crippen LogP contribution in [0.5, 0.6) is 5.75 Å². The number of carboxylic acid groups (broad SMARTS) is 2. The minimum atomic E-state index is -1.92. The molecule has 1 aromatic rings. The maximum atomic E-state index is 14.1. The smallest absolute Gasteiger partial charge is 0.305 e. The summed E-state index contributed by atoms with van der Waals surface area (Å²) in [5.74, 6) is -14.5. The number of amides is 11. The van der Waals surface area contributed by atoms with Crippen molar-refractivity contribution in [3.63, 3.8) is 0 Å². The second kappa shape index (κ2) is 31.1. The lowest BCUT2D eigenvalue weighted by atomic mass is 10.0. The third-order valence-corrected chi connectivity index (χ3v) is 13.7. The van der Waals surface area contributed by atoms with E-state index in [2.05, 4.69) is 47.5 Å². The van der Waals surface area contributed by atoms with Crippen LogP contribution in [0.15, 0.2) is 29.3 Å². The number of aliphatic imine (C=N–C) groups is 1. The van der Waals surface area contributed by atoms with Crippen molar-refractivity contribution < 1.29 is 77.3 Å². The largest absolute Gasteiger partial charge is 0.497 e. The molecule has 8 atom stereocenters. The van der Waals surface area contributed by atoms with E-state index in [1.54, 1.807) is 0 Å². The number of carbonyl (C=O) groups is 13. The lowest BCUT2D eigenvalue weighted by molar-refractivity contribution is -0.143. The first-order valence-electron chi connectivity index (χ1n) is 23.5. The number of fused-ring (bicyclic) bond motifs is 1. The van der Waals surface area contributed by atoms with Crippen LogP contribution in [0.1, 0.15) is 63.9 Å². The minimum Gasteiger partial charge on any atom is -0.497 e. The number of rotatable bonds is 16. The number of nitrogens with one attached hydrogen (secondary N) is 8. The third-order valence-electron chi connectivity index (χ3n) is 11.3. The molecule has 18 N–H and O–H groups in total. The summed E-state index contributed by atoms with van der Waals surface area (Å²) < 4.78 is 5.19. The Morgan fingerprint density at radius 3 is 1.93 bits per heavy atom. The molecule has 30 nitrogen and oxygen atoms in total. The number of carbonyl (C=O) groups excluding carboxylic acids is 11. The summed E-state index contributed by atoms with van der Waals surface area (Å²) in [6, 6.07) is -6.52. The average Bonchev–Trinajstić information content (AvgIpc) is 3.84. The van der Waals surface area contributed by atoms with Gasteiger partial charge in [-0.05, 0) is 49.8 Å². The van der Waals surface area contributed by atoms with Gasteiger partial charge in [0, 0.05) is 44.4 Å². The molecule has 0 radical (unpaired) electrons. The van der Waals surface area contributed by atoms with Crippen LogP contribution in [0, 0.1) is 0 Å². The average molecular weight is 1110 g/mol. The summed E-state index contributed by atoms with van der Waals surface area (Å²) in [6.07, 6.45) is -3.21. The molecule has 32 heteroatoms. The number of nitrogens with zero attached hydrogens (tertiary/aromatic N) is 2. The highest BCUT2D eigenvalue weighted by Crippen LogP contribution is 2.24. The molecule has 0 unspecified atom stereocenters. The van der Waals surface area contributed by atoms with Gasteiger partial charge in [0.15, 0.2) is 5.96 Å². The van der Waals surface area contributed by atoms with E-state index in [4.69, 9.17) is 27.7 Å². The van der Waals surface area contributed by atoms with E-state index >= 15 is 0 Å². The zero-order chi connectivity index (χ0) is 56.6. The summed E-state index contributed by atoms with van der Waals surface area (Å²) >= 11 is 0. The van der Waals surface area contributed by atoms with Crippen molar-refractivity contribution in [1.82, 2.24) is 47.4 Å². The summed E-state index contributed by atoms with van der Waals surface area (Å²) in [5.41, 5.74) is 22.3. The van der Waals surface area contributed by atoms with Crippen molar-refractivity contribution in [2.75, 3.05) is 38.2 Å². The molecule has 0 bridgehead atoms. The van der Waals surface area contributed by atoms with Gasteiger partial charge in [-0.2, -0.15) is 0 Å². The molecule has 2 fully saturated rings. The molecule has 0 aliphatic carbocycles. The van der Waals surface area contributed by atoms with Crippen molar-refractivity contribution >= 4 is 104 Å². The second-order valence-electron chi connectivity index (χ2n) is 17.3. The number of primary amides is 2. The number of benzene rings is 1. The molecule has 2 saturated heterocycles. The fourth-order valence-corrected chi connectivity index (χ4v) is 9.89. The van der Waals surface area contributed by atoms with Crippen molar-refractivity contribution in [3.05, 3.63) is 29.8 Å². The number of aliphatic carboxylic acids is 2. The lowest BCUT2D eigenvalue weighted by Crippen LogP contribution is -2.59. The quantitative estimate of drug-likeness (QED) is 0.0317. The Balaban J connectivity index is 2.11. The summed E-state index contributed by atoms with van der Waals surface area (Å²) in [6.45, 7) is 0.109. The first-order chi connectivity index (χ1) is 35.9. The number of guanidine groups is 1. The number of hydrogen-bond donors (Lipinski definition) is 14. The van der Waals surface area contributed by atoms with E-state index in [0.717, 1.165) is 33.4 Å². The Kier molecular flexibility index (Phi) is 25.5. The van der Waals surface area contributed by atoms with Gasteiger partial charge >= 0.3 is 11.9 Å². The monoisotopic (exact) mass is 1110 g/mol. The van der Waals surface area contributed by atoms with E-state index < -0.39 is 157 Å². The summed E-state index contributed by atoms with van der Waals surface area (Å²) in [4.78, 5) is 177. The highest BCUT2D eigenvalue weighted by molar-refractivity contribution is 8.76. The standard InChI is InChI=1S/C44H64N14O16S2/c1-21(59)51-30-20-76-75-19-29(36(46)66)57-38(68)25(11-12-34(62)63)53-39(69)26(15-22-7-9-23(74-2)10-8-22)55-40(70)27(17-35(64)65)52-33(61)18-50-37(67)24(5-3-13-49-44(47)48)54-42(72)31-6-4-14-58(31)43(73)28(16-32(45)60)56-41(30)71/h7-10,24-31H,3-6,11-20H2,1-2H3,(H2,45,60)(H2,46,66)(H,50,67)(H,51,59)(H,52,61)(H,53,69)(H,54,72)(H,55,70)(H,56,71)(H,57,68)(H,62,63)(H,64,65)(H4,47,48,49)/t24-,25+,26+,27-,28-,29-,30-,31+/m1/s1. The fourth-order valence-electron chi connectivity index (χ4n) is 7.55. The van der Waals surface area contributed by atoms with Crippen LogP contribution in [-0.2, 0) is 68.7 Å². The molecular weight excluding hydrogens is 1040 g/mol. The van der Waals surface area contributed by atoms with Crippen LogP contribution in [0.3, 0.4) is 0 Å². The zero-order valence-electron chi connectivity index (χ0n) is 41.5. The Morgan fingerprint density at radius 1 is 0.724 bits per heavy atom. The number of methoxy groups -OCH3 is 1. The Morgan fingerprint density at radius 2 is 1.33 bits per heavy atom. The van der Waals surface area contributed by atoms with Crippen LogP contribution in [-0.4, -0.2) is 185 Å². The minimum absolute atomic E-state index is 0.0186. The molecule has 0 spiro atoms.